The Bertz CT molecular complexity index is 786. The van der Waals surface area contributed by atoms with Crippen LogP contribution in [0.25, 0.3) is 0 Å². The smallest absolute Gasteiger partial charge is 0.0770 e. The van der Waals surface area contributed by atoms with Crippen molar-refractivity contribution in [3.05, 3.63) is 40.7 Å². The van der Waals surface area contributed by atoms with Gasteiger partial charge in [0.25, 0.3) is 0 Å². The fourth-order valence-corrected chi connectivity index (χ4v) is 3.92. The second-order valence-corrected chi connectivity index (χ2v) is 7.21. The van der Waals surface area contributed by atoms with Gasteiger partial charge in [-0.25, -0.2) is 0 Å². The van der Waals surface area contributed by atoms with Crippen molar-refractivity contribution in [2.24, 2.45) is 7.05 Å². The summed E-state index contributed by atoms with van der Waals surface area (Å²) in [6.45, 7) is 3.80. The van der Waals surface area contributed by atoms with Gasteiger partial charge in [0.15, 0.2) is 0 Å². The highest BCUT2D eigenvalue weighted by Crippen LogP contribution is 2.37. The molecular formula is C18H22ClN5O. The van der Waals surface area contributed by atoms with E-state index in [-0.39, 0.29) is 0 Å². The minimum absolute atomic E-state index is 0.419. The number of rotatable bonds is 5. The summed E-state index contributed by atoms with van der Waals surface area (Å²) in [5.41, 5.74) is 3.73. The fourth-order valence-electron chi connectivity index (χ4n) is 3.59. The summed E-state index contributed by atoms with van der Waals surface area (Å²) in [6, 6.07) is 4.55. The molecule has 0 spiro atoms. The molecule has 6 nitrogen and oxygen atoms in total. The fraction of sp³-hybridized carbons (Fsp3) is 0.444. The molecule has 2 aromatic rings. The molecule has 0 bridgehead atoms. The maximum Gasteiger partial charge on any atom is 0.0770 e. The van der Waals surface area contributed by atoms with Crippen molar-refractivity contribution in [1.82, 2.24) is 14.7 Å². The molecule has 1 aromatic carbocycles. The van der Waals surface area contributed by atoms with Gasteiger partial charge in [0, 0.05) is 42.3 Å². The minimum atomic E-state index is 0.419. The Morgan fingerprint density at radius 3 is 2.88 bits per heavy atom. The number of hydrogen-bond acceptors (Lipinski definition) is 5. The standard InChI is InChI=1S/C18H22ClN5O/c1-23-9-14(7-21-23)22-18-5-16(17(19)4-13(18)6-20)12-2-3-24(8-12)15-10-25-11-15/h4-7,9,12,15,20,22H,2-3,8,10-11H2,1H3. The Morgan fingerprint density at radius 2 is 2.24 bits per heavy atom. The van der Waals surface area contributed by atoms with Crippen LogP contribution in [0.3, 0.4) is 0 Å². The molecule has 7 heteroatoms. The predicted molar refractivity (Wildman–Crippen MR) is 99.4 cm³/mol. The van der Waals surface area contributed by atoms with Crippen molar-refractivity contribution in [3.8, 4) is 0 Å². The Morgan fingerprint density at radius 1 is 1.40 bits per heavy atom. The van der Waals surface area contributed by atoms with Gasteiger partial charge in [-0.05, 0) is 36.6 Å². The number of aromatic nitrogens is 2. The number of likely N-dealkylation sites (tertiary alicyclic amines) is 1. The summed E-state index contributed by atoms with van der Waals surface area (Å²) in [6.07, 6.45) is 6.12. The van der Waals surface area contributed by atoms with Crippen molar-refractivity contribution < 1.29 is 4.74 Å². The lowest BCUT2D eigenvalue weighted by atomic mass is 9.96. The van der Waals surface area contributed by atoms with Crippen LogP contribution < -0.4 is 5.32 Å². The maximum atomic E-state index is 7.69. The van der Waals surface area contributed by atoms with Crippen LogP contribution in [0.1, 0.15) is 23.5 Å². The topological polar surface area (TPSA) is 66.2 Å². The molecule has 0 amide bonds. The number of benzene rings is 1. The van der Waals surface area contributed by atoms with Crippen LogP contribution in [-0.4, -0.2) is 53.2 Å². The molecule has 3 heterocycles. The van der Waals surface area contributed by atoms with E-state index in [1.807, 2.05) is 19.3 Å². The molecule has 2 aliphatic heterocycles. The minimum Gasteiger partial charge on any atom is -0.378 e. The van der Waals surface area contributed by atoms with E-state index in [1.165, 1.54) is 6.21 Å². The number of aryl methyl sites for hydroxylation is 1. The molecule has 25 heavy (non-hydrogen) atoms. The van der Waals surface area contributed by atoms with Crippen LogP contribution in [0.5, 0.6) is 0 Å². The second kappa shape index (κ2) is 6.78. The molecular weight excluding hydrogens is 338 g/mol. The van der Waals surface area contributed by atoms with Gasteiger partial charge in [-0.3, -0.25) is 9.58 Å². The lowest BCUT2D eigenvalue weighted by Gasteiger charge is -2.34. The van der Waals surface area contributed by atoms with Crippen LogP contribution in [0, 0.1) is 5.41 Å². The van der Waals surface area contributed by atoms with Crippen molar-refractivity contribution >= 4 is 29.2 Å². The van der Waals surface area contributed by atoms with E-state index in [9.17, 15) is 0 Å². The summed E-state index contributed by atoms with van der Waals surface area (Å²) in [5, 5.41) is 16.0. The van der Waals surface area contributed by atoms with Crippen molar-refractivity contribution in [3.63, 3.8) is 0 Å². The first-order chi connectivity index (χ1) is 12.1. The van der Waals surface area contributed by atoms with Crippen LogP contribution in [-0.2, 0) is 11.8 Å². The average molecular weight is 360 g/mol. The van der Waals surface area contributed by atoms with Gasteiger partial charge in [-0.2, -0.15) is 5.10 Å². The molecule has 2 N–H and O–H groups in total. The zero-order valence-electron chi connectivity index (χ0n) is 14.2. The van der Waals surface area contributed by atoms with Gasteiger partial charge >= 0.3 is 0 Å². The van der Waals surface area contributed by atoms with Crippen molar-refractivity contribution in [2.75, 3.05) is 31.6 Å². The summed E-state index contributed by atoms with van der Waals surface area (Å²) in [5.74, 6) is 0.419. The molecule has 1 aromatic heterocycles. The van der Waals surface area contributed by atoms with Crippen LogP contribution in [0.4, 0.5) is 11.4 Å². The third kappa shape index (κ3) is 3.29. The van der Waals surface area contributed by atoms with E-state index >= 15 is 0 Å². The molecule has 1 unspecified atom stereocenters. The quantitative estimate of drug-likeness (QED) is 0.805. The van der Waals surface area contributed by atoms with E-state index in [2.05, 4.69) is 21.4 Å². The number of hydrogen-bond donors (Lipinski definition) is 2. The molecule has 0 aliphatic carbocycles. The molecule has 2 saturated heterocycles. The van der Waals surface area contributed by atoms with E-state index in [0.717, 1.165) is 60.2 Å². The number of anilines is 2. The van der Waals surface area contributed by atoms with Gasteiger partial charge < -0.3 is 15.5 Å². The Kier molecular flexibility index (Phi) is 4.50. The molecule has 1 atom stereocenters. The highest BCUT2D eigenvalue weighted by atomic mass is 35.5. The predicted octanol–water partition coefficient (Wildman–Crippen LogP) is 3.00. The second-order valence-electron chi connectivity index (χ2n) is 6.80. The summed E-state index contributed by atoms with van der Waals surface area (Å²) < 4.78 is 7.07. The first-order valence-electron chi connectivity index (χ1n) is 8.55. The first kappa shape index (κ1) is 16.6. The number of nitrogens with zero attached hydrogens (tertiary/aromatic N) is 3. The average Bonchev–Trinajstić information content (AvgIpc) is 3.16. The van der Waals surface area contributed by atoms with Gasteiger partial charge in [0.1, 0.15) is 0 Å². The maximum absolute atomic E-state index is 7.69. The molecule has 2 fully saturated rings. The van der Waals surface area contributed by atoms with E-state index in [4.69, 9.17) is 21.7 Å². The largest absolute Gasteiger partial charge is 0.378 e. The SMILES string of the molecule is Cn1cc(Nc2cc(C3CCN(C4COC4)C3)c(Cl)cc2C=N)cn1. The van der Waals surface area contributed by atoms with E-state index < -0.39 is 0 Å². The van der Waals surface area contributed by atoms with Crippen molar-refractivity contribution in [2.45, 2.75) is 18.4 Å². The van der Waals surface area contributed by atoms with E-state index in [0.29, 0.717) is 12.0 Å². The molecule has 4 rings (SSSR count). The lowest BCUT2D eigenvalue weighted by molar-refractivity contribution is -0.0573. The van der Waals surface area contributed by atoms with Crippen LogP contribution in [0.15, 0.2) is 24.5 Å². The normalized spacial score (nSPS) is 21.3. The molecule has 0 radical (unpaired) electrons. The highest BCUT2D eigenvalue weighted by Gasteiger charge is 2.33. The van der Waals surface area contributed by atoms with E-state index in [1.54, 1.807) is 10.9 Å². The van der Waals surface area contributed by atoms with Crippen molar-refractivity contribution in [1.29, 1.82) is 5.41 Å². The summed E-state index contributed by atoms with van der Waals surface area (Å²) in [4.78, 5) is 2.50. The molecule has 2 aliphatic rings. The lowest BCUT2D eigenvalue weighted by Crippen LogP contribution is -2.47. The van der Waals surface area contributed by atoms with Gasteiger partial charge in [0.05, 0.1) is 31.1 Å². The zero-order chi connectivity index (χ0) is 17.4. The number of ether oxygens (including phenoxy) is 1. The van der Waals surface area contributed by atoms with Gasteiger partial charge in [-0.1, -0.05) is 11.6 Å². The third-order valence-corrected chi connectivity index (χ3v) is 5.43. The summed E-state index contributed by atoms with van der Waals surface area (Å²) >= 11 is 6.55. The Labute approximate surface area is 152 Å². The molecule has 0 saturated carbocycles. The zero-order valence-corrected chi connectivity index (χ0v) is 15.0. The Hall–Kier alpha value is -1.89. The van der Waals surface area contributed by atoms with Crippen LogP contribution >= 0.6 is 11.6 Å². The van der Waals surface area contributed by atoms with Gasteiger partial charge in [-0.15, -0.1) is 0 Å². The third-order valence-electron chi connectivity index (χ3n) is 5.10. The van der Waals surface area contributed by atoms with Gasteiger partial charge in [0.2, 0.25) is 0 Å². The summed E-state index contributed by atoms with van der Waals surface area (Å²) in [7, 11) is 1.88. The number of nitrogens with one attached hydrogen (secondary N) is 2. The number of halogens is 1. The monoisotopic (exact) mass is 359 g/mol. The van der Waals surface area contributed by atoms with Crippen LogP contribution in [0.2, 0.25) is 5.02 Å². The Balaban J connectivity index is 1.59. The first-order valence-corrected chi connectivity index (χ1v) is 8.93. The molecule has 132 valence electrons. The highest BCUT2D eigenvalue weighted by molar-refractivity contribution is 6.32.